The predicted molar refractivity (Wildman–Crippen MR) is 165 cm³/mol. The van der Waals surface area contributed by atoms with Crippen LogP contribution in [0, 0.1) is 11.7 Å². The van der Waals surface area contributed by atoms with Gasteiger partial charge < -0.3 is 19.7 Å². The van der Waals surface area contributed by atoms with E-state index < -0.39 is 34.4 Å². The van der Waals surface area contributed by atoms with Crippen LogP contribution in [0.4, 0.5) is 4.39 Å². The van der Waals surface area contributed by atoms with Crippen LogP contribution in [0.3, 0.4) is 0 Å². The minimum atomic E-state index is -1.73. The number of aliphatic hydroxyl groups is 1. The van der Waals surface area contributed by atoms with Crippen molar-refractivity contribution in [2.45, 2.75) is 63.3 Å². The van der Waals surface area contributed by atoms with Crippen LogP contribution >= 0.6 is 23.2 Å². The maximum absolute atomic E-state index is 16.6. The van der Waals surface area contributed by atoms with E-state index in [2.05, 4.69) is 0 Å². The Morgan fingerprint density at radius 1 is 1.09 bits per heavy atom. The number of amides is 1. The SMILES string of the molecule is CC[C@@](O)(c1cc(F)c2c(c1)C(=O)N(Cc1ccc(Cl)cc1C(C)(C)C(=O)O)[C@@]2(OC)c1ccc(Cl)cc1)C1CCOCC1. The lowest BCUT2D eigenvalue weighted by Crippen LogP contribution is -2.46. The molecule has 10 heteroatoms. The van der Waals surface area contributed by atoms with Gasteiger partial charge in [-0.25, -0.2) is 4.39 Å². The Kier molecular flexibility index (Phi) is 8.88. The number of hydrogen-bond acceptors (Lipinski definition) is 5. The summed E-state index contributed by atoms with van der Waals surface area (Å²) >= 11 is 12.5. The number of ether oxygens (including phenoxy) is 2. The third-order valence-corrected chi connectivity index (χ3v) is 9.85. The molecule has 44 heavy (non-hydrogen) atoms. The quantitative estimate of drug-likeness (QED) is 0.260. The molecule has 2 atom stereocenters. The molecular formula is C34H36Cl2FNO6. The van der Waals surface area contributed by atoms with Gasteiger partial charge in [-0.05, 0) is 92.1 Å². The van der Waals surface area contributed by atoms with E-state index in [9.17, 15) is 19.8 Å². The van der Waals surface area contributed by atoms with Crippen LogP contribution in [0.25, 0.3) is 0 Å². The fourth-order valence-corrected chi connectivity index (χ4v) is 7.04. The molecule has 2 N–H and O–H groups in total. The zero-order valence-corrected chi connectivity index (χ0v) is 26.6. The van der Waals surface area contributed by atoms with Crippen molar-refractivity contribution in [1.29, 1.82) is 0 Å². The molecule has 1 saturated heterocycles. The van der Waals surface area contributed by atoms with Crippen molar-refractivity contribution < 1.29 is 33.7 Å². The van der Waals surface area contributed by atoms with Crippen LogP contribution in [0.5, 0.6) is 0 Å². The van der Waals surface area contributed by atoms with Gasteiger partial charge in [-0.3, -0.25) is 14.5 Å². The summed E-state index contributed by atoms with van der Waals surface area (Å²) in [6, 6.07) is 14.3. The molecule has 7 nitrogen and oxygen atoms in total. The summed E-state index contributed by atoms with van der Waals surface area (Å²) in [4.78, 5) is 28.2. The maximum atomic E-state index is 16.6. The van der Waals surface area contributed by atoms with Gasteiger partial charge in [0.15, 0.2) is 5.72 Å². The van der Waals surface area contributed by atoms with Gasteiger partial charge in [-0.2, -0.15) is 0 Å². The molecule has 0 unspecified atom stereocenters. The van der Waals surface area contributed by atoms with Crippen LogP contribution in [0.2, 0.25) is 10.0 Å². The highest BCUT2D eigenvalue weighted by Gasteiger charge is 2.55. The summed E-state index contributed by atoms with van der Waals surface area (Å²) in [6.07, 6.45) is 1.53. The predicted octanol–water partition coefficient (Wildman–Crippen LogP) is 7.02. The number of fused-ring (bicyclic) bond motifs is 1. The number of carboxylic acids is 1. The normalized spacial score (nSPS) is 20.5. The lowest BCUT2D eigenvalue weighted by atomic mass is 9.74. The van der Waals surface area contributed by atoms with Gasteiger partial charge in [0.25, 0.3) is 5.91 Å². The Bertz CT molecular complexity index is 1590. The second kappa shape index (κ2) is 12.1. The molecule has 3 aromatic carbocycles. The Morgan fingerprint density at radius 3 is 2.32 bits per heavy atom. The number of carbonyl (C=O) groups is 2. The number of rotatable bonds is 9. The number of carboxylic acid groups (broad SMARTS) is 1. The number of nitrogens with zero attached hydrogens (tertiary/aromatic N) is 1. The molecule has 0 bridgehead atoms. The van der Waals surface area contributed by atoms with Crippen molar-refractivity contribution in [3.05, 3.63) is 104 Å². The van der Waals surface area contributed by atoms with Gasteiger partial charge in [-0.1, -0.05) is 48.3 Å². The monoisotopic (exact) mass is 643 g/mol. The lowest BCUT2D eigenvalue weighted by molar-refractivity contribution is -0.142. The van der Waals surface area contributed by atoms with E-state index >= 15 is 4.39 Å². The first kappa shape index (κ1) is 32.4. The van der Waals surface area contributed by atoms with Gasteiger partial charge >= 0.3 is 5.97 Å². The van der Waals surface area contributed by atoms with Crippen LogP contribution in [0.1, 0.15) is 78.2 Å². The van der Waals surface area contributed by atoms with E-state index in [1.165, 1.54) is 18.1 Å². The second-order valence-electron chi connectivity index (χ2n) is 12.0. The van der Waals surface area contributed by atoms with Crippen molar-refractivity contribution in [2.24, 2.45) is 5.92 Å². The summed E-state index contributed by atoms with van der Waals surface area (Å²) < 4.78 is 28.3. The van der Waals surface area contributed by atoms with Crippen LogP contribution in [0.15, 0.2) is 54.6 Å². The summed E-state index contributed by atoms with van der Waals surface area (Å²) in [5.74, 6) is -2.48. The van der Waals surface area contributed by atoms with Crippen molar-refractivity contribution in [1.82, 2.24) is 4.90 Å². The molecule has 1 fully saturated rings. The second-order valence-corrected chi connectivity index (χ2v) is 12.9. The lowest BCUT2D eigenvalue weighted by Gasteiger charge is -2.40. The highest BCUT2D eigenvalue weighted by molar-refractivity contribution is 6.31. The van der Waals surface area contributed by atoms with Crippen LogP contribution in [-0.4, -0.2) is 47.3 Å². The molecule has 0 aliphatic carbocycles. The summed E-state index contributed by atoms with van der Waals surface area (Å²) in [6.45, 7) is 5.82. The van der Waals surface area contributed by atoms with Crippen molar-refractivity contribution in [3.8, 4) is 0 Å². The molecule has 2 heterocycles. The molecule has 0 spiro atoms. The summed E-state index contributed by atoms with van der Waals surface area (Å²) in [5, 5.41) is 22.8. The smallest absolute Gasteiger partial charge is 0.313 e. The highest BCUT2D eigenvalue weighted by Crippen LogP contribution is 2.50. The Labute approximate surface area is 266 Å². The fourth-order valence-electron chi connectivity index (χ4n) is 6.74. The third kappa shape index (κ3) is 5.20. The zero-order chi connectivity index (χ0) is 32.0. The minimum Gasteiger partial charge on any atom is -0.481 e. The van der Waals surface area contributed by atoms with Gasteiger partial charge in [0.2, 0.25) is 0 Å². The third-order valence-electron chi connectivity index (χ3n) is 9.36. The zero-order valence-electron chi connectivity index (χ0n) is 25.1. The average molecular weight is 645 g/mol. The molecule has 2 aliphatic rings. The first-order valence-corrected chi connectivity index (χ1v) is 15.4. The molecule has 3 aromatic rings. The summed E-state index contributed by atoms with van der Waals surface area (Å²) in [7, 11) is 1.39. The van der Waals surface area contributed by atoms with E-state index in [-0.39, 0.29) is 23.6 Å². The minimum absolute atomic E-state index is 0.00881. The standard InChI is InChI=1S/C34H36Cl2FNO6/c1-5-33(42,21-12-14-44-15-13-21)23-16-26-29(28(37)17-23)34(43-4,22-7-10-24(35)11-8-22)38(30(26)39)19-20-6-9-25(36)18-27(20)32(2,3)31(40)41/h6-11,16-18,21,42H,5,12-15,19H2,1-4H3,(H,40,41)/t33-,34+/m0/s1. The number of aliphatic carboxylic acids is 1. The fraction of sp³-hybridized carbons (Fsp3) is 0.412. The molecule has 0 radical (unpaired) electrons. The van der Waals surface area contributed by atoms with Crippen molar-refractivity contribution in [3.63, 3.8) is 0 Å². The Morgan fingerprint density at radius 2 is 1.73 bits per heavy atom. The number of methoxy groups -OCH3 is 1. The van der Waals surface area contributed by atoms with Crippen molar-refractivity contribution >= 4 is 35.1 Å². The number of benzene rings is 3. The van der Waals surface area contributed by atoms with Gasteiger partial charge in [0.05, 0.1) is 22.1 Å². The number of carbonyl (C=O) groups excluding carboxylic acids is 1. The molecule has 2 aliphatic heterocycles. The molecule has 234 valence electrons. The average Bonchev–Trinajstić information content (AvgIpc) is 3.26. The van der Waals surface area contributed by atoms with Crippen molar-refractivity contribution in [2.75, 3.05) is 20.3 Å². The van der Waals surface area contributed by atoms with E-state index in [0.29, 0.717) is 64.8 Å². The van der Waals surface area contributed by atoms with E-state index in [4.69, 9.17) is 32.7 Å². The van der Waals surface area contributed by atoms with Gasteiger partial charge in [0.1, 0.15) is 5.82 Å². The first-order valence-electron chi connectivity index (χ1n) is 14.6. The van der Waals surface area contributed by atoms with Crippen LogP contribution in [-0.2, 0) is 37.6 Å². The highest BCUT2D eigenvalue weighted by atomic mass is 35.5. The van der Waals surface area contributed by atoms with Crippen LogP contribution < -0.4 is 0 Å². The maximum Gasteiger partial charge on any atom is 0.313 e. The number of hydrogen-bond donors (Lipinski definition) is 2. The topological polar surface area (TPSA) is 96.3 Å². The Balaban J connectivity index is 1.73. The van der Waals surface area contributed by atoms with E-state index in [1.807, 2.05) is 6.92 Å². The largest absolute Gasteiger partial charge is 0.481 e. The summed E-state index contributed by atoms with van der Waals surface area (Å²) in [5.41, 5.74) is -2.71. The molecular weight excluding hydrogens is 608 g/mol. The Hall–Kier alpha value is -3.01. The van der Waals surface area contributed by atoms with E-state index in [0.717, 1.165) is 0 Å². The first-order chi connectivity index (χ1) is 20.8. The molecule has 5 rings (SSSR count). The molecule has 0 saturated carbocycles. The van der Waals surface area contributed by atoms with Gasteiger partial charge in [-0.15, -0.1) is 0 Å². The molecule has 0 aromatic heterocycles. The molecule has 1 amide bonds. The number of halogens is 3. The van der Waals surface area contributed by atoms with E-state index in [1.54, 1.807) is 62.4 Å². The van der Waals surface area contributed by atoms with Gasteiger partial charge in [0, 0.05) is 42.5 Å².